The zero-order valence-corrected chi connectivity index (χ0v) is 17.8. The number of carbonyl (C=O) groups is 1. The summed E-state index contributed by atoms with van der Waals surface area (Å²) in [6.07, 6.45) is 2.67. The molecule has 1 aromatic carbocycles. The van der Waals surface area contributed by atoms with Gasteiger partial charge in [0.1, 0.15) is 17.7 Å². The Morgan fingerprint density at radius 2 is 1.93 bits per heavy atom. The monoisotopic (exact) mass is 403 g/mol. The van der Waals surface area contributed by atoms with Gasteiger partial charge in [0.2, 0.25) is 5.91 Å². The van der Waals surface area contributed by atoms with Crippen molar-refractivity contribution in [2.75, 3.05) is 11.9 Å². The number of pyridine rings is 1. The Morgan fingerprint density at radius 3 is 2.54 bits per heavy atom. The molecule has 2 N–H and O–H groups in total. The predicted octanol–water partition coefficient (Wildman–Crippen LogP) is 3.68. The fourth-order valence-electron chi connectivity index (χ4n) is 3.67. The molecule has 0 spiro atoms. The number of nitrogens with one attached hydrogen (secondary N) is 2. The van der Waals surface area contributed by atoms with Crippen molar-refractivity contribution in [3.8, 4) is 0 Å². The number of amides is 1. The minimum atomic E-state index is -2.16. The highest BCUT2D eigenvalue weighted by molar-refractivity contribution is 6.88. The van der Waals surface area contributed by atoms with Gasteiger partial charge in [0.15, 0.2) is 0 Å². The summed E-state index contributed by atoms with van der Waals surface area (Å²) in [6.45, 7) is 8.38. The van der Waals surface area contributed by atoms with Crippen LogP contribution in [0.2, 0.25) is 19.6 Å². The van der Waals surface area contributed by atoms with Gasteiger partial charge in [-0.1, -0.05) is 39.1 Å². The molecule has 2 heterocycles. The zero-order valence-electron chi connectivity index (χ0n) is 16.8. The summed E-state index contributed by atoms with van der Waals surface area (Å²) in [5.74, 6) is -1.54. The Labute approximate surface area is 165 Å². The van der Waals surface area contributed by atoms with E-state index in [4.69, 9.17) is 0 Å². The summed E-state index contributed by atoms with van der Waals surface area (Å²) in [4.78, 5) is 17.5. The number of nitrogens with zero attached hydrogens (tertiary/aromatic N) is 1. The minimum absolute atomic E-state index is 0.131. The maximum atomic E-state index is 14.5. The third-order valence-corrected chi connectivity index (χ3v) is 6.89. The quantitative estimate of drug-likeness (QED) is 0.749. The first-order valence-corrected chi connectivity index (χ1v) is 13.2. The molecular formula is C21H27F2N3OSi. The SMILES string of the molecule is CCCc1ccc2c(n1)CCN[C@H]2C(=O)Nc1cc(F)c([Si](C)(C)C)c(F)c1. The fourth-order valence-corrected chi connectivity index (χ4v) is 5.25. The first-order chi connectivity index (χ1) is 13.2. The molecule has 1 aliphatic rings. The molecule has 2 aromatic rings. The Bertz CT molecular complexity index is 873. The van der Waals surface area contributed by atoms with Crippen LogP contribution in [0.15, 0.2) is 24.3 Å². The molecule has 0 saturated heterocycles. The summed E-state index contributed by atoms with van der Waals surface area (Å²) < 4.78 is 28.9. The van der Waals surface area contributed by atoms with Crippen molar-refractivity contribution in [2.45, 2.75) is 51.9 Å². The largest absolute Gasteiger partial charge is 0.324 e. The fraction of sp³-hybridized carbons (Fsp3) is 0.429. The molecular weight excluding hydrogens is 376 g/mol. The van der Waals surface area contributed by atoms with Crippen molar-refractivity contribution >= 4 is 24.9 Å². The molecule has 7 heteroatoms. The first kappa shape index (κ1) is 20.6. The lowest BCUT2D eigenvalue weighted by atomic mass is 9.97. The highest BCUT2D eigenvalue weighted by atomic mass is 28.3. The zero-order chi connectivity index (χ0) is 20.5. The number of hydrogen-bond acceptors (Lipinski definition) is 3. The van der Waals surface area contributed by atoms with Gasteiger partial charge in [-0.3, -0.25) is 9.78 Å². The van der Waals surface area contributed by atoms with E-state index in [0.29, 0.717) is 6.54 Å². The van der Waals surface area contributed by atoms with E-state index < -0.39 is 25.8 Å². The molecule has 3 rings (SSSR count). The van der Waals surface area contributed by atoms with Crippen LogP contribution in [0.5, 0.6) is 0 Å². The second-order valence-electron chi connectivity index (χ2n) is 8.28. The first-order valence-electron chi connectivity index (χ1n) is 9.73. The number of rotatable bonds is 5. The number of benzene rings is 1. The van der Waals surface area contributed by atoms with Crippen LogP contribution >= 0.6 is 0 Å². The number of aromatic nitrogens is 1. The van der Waals surface area contributed by atoms with Gasteiger partial charge in [0, 0.05) is 40.8 Å². The Balaban J connectivity index is 1.83. The van der Waals surface area contributed by atoms with Crippen molar-refractivity contribution in [1.82, 2.24) is 10.3 Å². The van der Waals surface area contributed by atoms with Crippen molar-refractivity contribution in [3.05, 3.63) is 52.9 Å². The Kier molecular flexibility index (Phi) is 5.95. The molecule has 0 saturated carbocycles. The molecule has 150 valence electrons. The van der Waals surface area contributed by atoms with Gasteiger partial charge in [0.05, 0.1) is 8.07 Å². The van der Waals surface area contributed by atoms with Crippen LogP contribution in [-0.4, -0.2) is 25.5 Å². The second-order valence-corrected chi connectivity index (χ2v) is 13.3. The summed E-state index contributed by atoms with van der Waals surface area (Å²) >= 11 is 0. The van der Waals surface area contributed by atoms with Crippen LogP contribution in [0.25, 0.3) is 0 Å². The number of halogens is 2. The highest BCUT2D eigenvalue weighted by Crippen LogP contribution is 2.24. The van der Waals surface area contributed by atoms with E-state index in [1.54, 1.807) is 0 Å². The number of carbonyl (C=O) groups excluding carboxylic acids is 1. The average molecular weight is 404 g/mol. The molecule has 1 atom stereocenters. The normalized spacial score (nSPS) is 16.6. The Morgan fingerprint density at radius 1 is 1.25 bits per heavy atom. The predicted molar refractivity (Wildman–Crippen MR) is 111 cm³/mol. The number of anilines is 1. The lowest BCUT2D eigenvalue weighted by Gasteiger charge is -2.26. The Hall–Kier alpha value is -2.12. The molecule has 1 aliphatic heterocycles. The molecule has 0 fully saturated rings. The molecule has 1 aromatic heterocycles. The van der Waals surface area contributed by atoms with Gasteiger partial charge in [-0.25, -0.2) is 8.78 Å². The molecule has 1 amide bonds. The van der Waals surface area contributed by atoms with E-state index in [-0.39, 0.29) is 16.8 Å². The van der Waals surface area contributed by atoms with Crippen molar-refractivity contribution in [3.63, 3.8) is 0 Å². The van der Waals surface area contributed by atoms with Crippen LogP contribution in [0, 0.1) is 11.6 Å². The van der Waals surface area contributed by atoms with Gasteiger partial charge in [0.25, 0.3) is 0 Å². The maximum absolute atomic E-state index is 14.5. The lowest BCUT2D eigenvalue weighted by Crippen LogP contribution is -2.42. The lowest BCUT2D eigenvalue weighted by molar-refractivity contribution is -0.118. The van der Waals surface area contributed by atoms with E-state index in [1.165, 1.54) is 12.1 Å². The summed E-state index contributed by atoms with van der Waals surface area (Å²) in [5, 5.41) is 5.99. The highest BCUT2D eigenvalue weighted by Gasteiger charge is 2.29. The van der Waals surface area contributed by atoms with Crippen LogP contribution < -0.4 is 15.8 Å². The van der Waals surface area contributed by atoms with E-state index in [1.807, 2.05) is 31.8 Å². The molecule has 28 heavy (non-hydrogen) atoms. The van der Waals surface area contributed by atoms with Gasteiger partial charge in [-0.2, -0.15) is 0 Å². The summed E-state index contributed by atoms with van der Waals surface area (Å²) in [5.41, 5.74) is 2.89. The van der Waals surface area contributed by atoms with E-state index in [9.17, 15) is 13.6 Å². The van der Waals surface area contributed by atoms with Crippen LogP contribution in [-0.2, 0) is 17.6 Å². The summed E-state index contributed by atoms with van der Waals surface area (Å²) in [7, 11) is -2.16. The third-order valence-electron chi connectivity index (χ3n) is 4.92. The van der Waals surface area contributed by atoms with Crippen molar-refractivity contribution < 1.29 is 13.6 Å². The minimum Gasteiger partial charge on any atom is -0.324 e. The van der Waals surface area contributed by atoms with E-state index >= 15 is 0 Å². The maximum Gasteiger partial charge on any atom is 0.246 e. The molecule has 0 aliphatic carbocycles. The number of hydrogen-bond donors (Lipinski definition) is 2. The van der Waals surface area contributed by atoms with Crippen molar-refractivity contribution in [1.29, 1.82) is 0 Å². The standard InChI is InChI=1S/C21H27F2N3OSi/c1-5-6-13-7-8-15-18(25-13)9-10-24-19(15)21(27)26-14-11-16(22)20(17(23)12-14)28(2,3)4/h7-8,11-12,19,24H,5-6,9-10H2,1-4H3,(H,26,27)/t19-/m1/s1. The molecule has 4 nitrogen and oxygen atoms in total. The van der Waals surface area contributed by atoms with Gasteiger partial charge >= 0.3 is 0 Å². The number of fused-ring (bicyclic) bond motifs is 1. The van der Waals surface area contributed by atoms with Gasteiger partial charge in [-0.15, -0.1) is 0 Å². The molecule has 0 bridgehead atoms. The number of aryl methyl sites for hydroxylation is 1. The van der Waals surface area contributed by atoms with Gasteiger partial charge < -0.3 is 10.6 Å². The van der Waals surface area contributed by atoms with E-state index in [0.717, 1.165) is 36.2 Å². The van der Waals surface area contributed by atoms with E-state index in [2.05, 4.69) is 22.5 Å². The van der Waals surface area contributed by atoms with Crippen LogP contribution in [0.4, 0.5) is 14.5 Å². The average Bonchev–Trinajstić information content (AvgIpc) is 2.59. The molecule has 0 radical (unpaired) electrons. The third kappa shape index (κ3) is 4.30. The smallest absolute Gasteiger partial charge is 0.246 e. The summed E-state index contributed by atoms with van der Waals surface area (Å²) in [6, 6.07) is 5.70. The molecule has 0 unspecified atom stereocenters. The second kappa shape index (κ2) is 8.09. The van der Waals surface area contributed by atoms with Crippen LogP contribution in [0.3, 0.4) is 0 Å². The van der Waals surface area contributed by atoms with Gasteiger partial charge in [-0.05, 0) is 24.6 Å². The topological polar surface area (TPSA) is 54.0 Å². The van der Waals surface area contributed by atoms with Crippen molar-refractivity contribution in [2.24, 2.45) is 0 Å². The van der Waals surface area contributed by atoms with Crippen LogP contribution in [0.1, 0.15) is 36.3 Å².